The summed E-state index contributed by atoms with van der Waals surface area (Å²) in [6.45, 7) is 4.34. The van der Waals surface area contributed by atoms with E-state index in [-0.39, 0.29) is 0 Å². The Balaban J connectivity index is 2.03. The molecule has 22 heavy (non-hydrogen) atoms. The van der Waals surface area contributed by atoms with Gasteiger partial charge in [0.05, 0.1) is 0 Å². The fraction of sp³-hybridized carbons (Fsp3) is 0.0909. The molecule has 0 aliphatic carbocycles. The fourth-order valence-electron chi connectivity index (χ4n) is 3.22. The molecule has 0 spiro atoms. The molecule has 0 saturated heterocycles. The number of fused-ring (bicyclic) bond motifs is 2. The highest BCUT2D eigenvalue weighted by Crippen LogP contribution is 2.33. The Morgan fingerprint density at radius 3 is 2.27 bits per heavy atom. The van der Waals surface area contributed by atoms with E-state index >= 15 is 0 Å². The lowest BCUT2D eigenvalue weighted by Crippen LogP contribution is -1.86. The minimum atomic E-state index is 1.29. The summed E-state index contributed by atoms with van der Waals surface area (Å²) in [7, 11) is 0. The average Bonchev–Trinajstić information content (AvgIpc) is 2.54. The van der Waals surface area contributed by atoms with Crippen molar-refractivity contribution in [3.05, 3.63) is 83.9 Å². The average molecular weight is 282 g/mol. The number of rotatable bonds is 1. The molecule has 0 nitrogen and oxygen atoms in total. The van der Waals surface area contributed by atoms with Crippen molar-refractivity contribution in [1.82, 2.24) is 0 Å². The molecular formula is C22H18. The van der Waals surface area contributed by atoms with Crippen LogP contribution in [0.1, 0.15) is 11.1 Å². The Kier molecular flexibility index (Phi) is 2.97. The maximum Gasteiger partial charge on any atom is -0.0100 e. The largest absolute Gasteiger partial charge is 0.0616 e. The SMILES string of the molecule is Cc1ccc2c(C)ccc(-c3ccc4ccccc4c3)c2c1. The van der Waals surface area contributed by atoms with Crippen LogP contribution in [0.2, 0.25) is 0 Å². The van der Waals surface area contributed by atoms with Crippen molar-refractivity contribution in [2.45, 2.75) is 13.8 Å². The van der Waals surface area contributed by atoms with Crippen molar-refractivity contribution < 1.29 is 0 Å². The quantitative estimate of drug-likeness (QED) is 0.385. The molecule has 0 fully saturated rings. The van der Waals surface area contributed by atoms with Crippen LogP contribution in [0.3, 0.4) is 0 Å². The third-order valence-electron chi connectivity index (χ3n) is 4.45. The van der Waals surface area contributed by atoms with E-state index in [1.54, 1.807) is 0 Å². The summed E-state index contributed by atoms with van der Waals surface area (Å²) in [5.74, 6) is 0. The summed E-state index contributed by atoms with van der Waals surface area (Å²) >= 11 is 0. The van der Waals surface area contributed by atoms with E-state index in [1.807, 2.05) is 0 Å². The van der Waals surface area contributed by atoms with Gasteiger partial charge in [-0.1, -0.05) is 72.3 Å². The van der Waals surface area contributed by atoms with Crippen LogP contribution in [-0.4, -0.2) is 0 Å². The number of hydrogen-bond donors (Lipinski definition) is 0. The summed E-state index contributed by atoms with van der Waals surface area (Å²) in [6, 6.07) is 26.5. The zero-order valence-electron chi connectivity index (χ0n) is 12.9. The van der Waals surface area contributed by atoms with Gasteiger partial charge >= 0.3 is 0 Å². The highest BCUT2D eigenvalue weighted by atomic mass is 14.1. The second-order valence-electron chi connectivity index (χ2n) is 6.04. The molecular weight excluding hydrogens is 264 g/mol. The highest BCUT2D eigenvalue weighted by molar-refractivity contribution is 6.00. The van der Waals surface area contributed by atoms with Gasteiger partial charge in [0.1, 0.15) is 0 Å². The van der Waals surface area contributed by atoms with E-state index in [0.717, 1.165) is 0 Å². The van der Waals surface area contributed by atoms with Crippen molar-refractivity contribution in [2.75, 3.05) is 0 Å². The molecule has 0 bridgehead atoms. The molecule has 4 aromatic rings. The van der Waals surface area contributed by atoms with Gasteiger partial charge in [-0.25, -0.2) is 0 Å². The van der Waals surface area contributed by atoms with Gasteiger partial charge in [-0.15, -0.1) is 0 Å². The van der Waals surface area contributed by atoms with Gasteiger partial charge in [-0.2, -0.15) is 0 Å². The first-order valence-corrected chi connectivity index (χ1v) is 7.71. The lowest BCUT2D eigenvalue weighted by atomic mass is 9.93. The monoisotopic (exact) mass is 282 g/mol. The second kappa shape index (κ2) is 4.99. The van der Waals surface area contributed by atoms with Crippen LogP contribution in [0.5, 0.6) is 0 Å². The van der Waals surface area contributed by atoms with Crippen LogP contribution in [-0.2, 0) is 0 Å². The minimum absolute atomic E-state index is 1.29. The lowest BCUT2D eigenvalue weighted by molar-refractivity contribution is 1.47. The molecule has 0 atom stereocenters. The number of benzene rings is 4. The molecule has 0 radical (unpaired) electrons. The van der Waals surface area contributed by atoms with E-state index in [0.29, 0.717) is 0 Å². The Hall–Kier alpha value is -2.60. The van der Waals surface area contributed by atoms with Crippen molar-refractivity contribution in [3.8, 4) is 11.1 Å². The van der Waals surface area contributed by atoms with Crippen LogP contribution < -0.4 is 0 Å². The standard InChI is InChI=1S/C22H18/c1-15-7-11-20-16(2)8-12-21(22(20)13-15)19-10-9-17-5-3-4-6-18(17)14-19/h3-14H,1-2H3. The normalized spacial score (nSPS) is 11.2. The van der Waals surface area contributed by atoms with Gasteiger partial charge in [-0.3, -0.25) is 0 Å². The summed E-state index contributed by atoms with van der Waals surface area (Å²) in [4.78, 5) is 0. The van der Waals surface area contributed by atoms with Crippen molar-refractivity contribution in [1.29, 1.82) is 0 Å². The topological polar surface area (TPSA) is 0 Å². The maximum atomic E-state index is 2.30. The van der Waals surface area contributed by atoms with E-state index < -0.39 is 0 Å². The molecule has 0 aliphatic heterocycles. The van der Waals surface area contributed by atoms with E-state index in [2.05, 4.69) is 86.6 Å². The third-order valence-corrected chi connectivity index (χ3v) is 4.45. The smallest absolute Gasteiger partial charge is 0.0100 e. The van der Waals surface area contributed by atoms with Crippen molar-refractivity contribution in [3.63, 3.8) is 0 Å². The van der Waals surface area contributed by atoms with Crippen molar-refractivity contribution >= 4 is 21.5 Å². The molecule has 0 aliphatic rings. The maximum absolute atomic E-state index is 2.30. The summed E-state index contributed by atoms with van der Waals surface area (Å²) in [5.41, 5.74) is 5.24. The molecule has 0 unspecified atom stereocenters. The van der Waals surface area contributed by atoms with E-state index in [9.17, 15) is 0 Å². The van der Waals surface area contributed by atoms with Gasteiger partial charge in [0.25, 0.3) is 0 Å². The fourth-order valence-corrected chi connectivity index (χ4v) is 3.22. The Labute approximate surface area is 131 Å². The van der Waals surface area contributed by atoms with E-state index in [1.165, 1.54) is 43.8 Å². The van der Waals surface area contributed by atoms with Gasteiger partial charge in [-0.05, 0) is 58.1 Å². The molecule has 0 N–H and O–H groups in total. The molecule has 0 saturated carbocycles. The third kappa shape index (κ3) is 2.08. The van der Waals surface area contributed by atoms with E-state index in [4.69, 9.17) is 0 Å². The molecule has 0 heterocycles. The molecule has 0 aromatic heterocycles. The first-order valence-electron chi connectivity index (χ1n) is 7.71. The Bertz CT molecular complexity index is 993. The predicted molar refractivity (Wildman–Crippen MR) is 96.4 cm³/mol. The summed E-state index contributed by atoms with van der Waals surface area (Å²) in [6.07, 6.45) is 0. The highest BCUT2D eigenvalue weighted by Gasteiger charge is 2.07. The van der Waals surface area contributed by atoms with Gasteiger partial charge in [0.2, 0.25) is 0 Å². The summed E-state index contributed by atoms with van der Waals surface area (Å²) in [5, 5.41) is 5.27. The Morgan fingerprint density at radius 1 is 0.591 bits per heavy atom. The second-order valence-corrected chi connectivity index (χ2v) is 6.04. The molecule has 4 rings (SSSR count). The summed E-state index contributed by atoms with van der Waals surface area (Å²) < 4.78 is 0. The predicted octanol–water partition coefficient (Wildman–Crippen LogP) is 6.28. The first-order chi connectivity index (χ1) is 10.7. The number of hydrogen-bond acceptors (Lipinski definition) is 0. The Morgan fingerprint density at radius 2 is 1.41 bits per heavy atom. The lowest BCUT2D eigenvalue weighted by Gasteiger charge is -2.11. The van der Waals surface area contributed by atoms with Crippen molar-refractivity contribution in [2.24, 2.45) is 0 Å². The van der Waals surface area contributed by atoms with Crippen LogP contribution in [0.25, 0.3) is 32.7 Å². The molecule has 0 heteroatoms. The van der Waals surface area contributed by atoms with Crippen LogP contribution in [0, 0.1) is 13.8 Å². The molecule has 106 valence electrons. The van der Waals surface area contributed by atoms with Gasteiger partial charge in [0.15, 0.2) is 0 Å². The number of aryl methyl sites for hydroxylation is 2. The van der Waals surface area contributed by atoms with Gasteiger partial charge in [0, 0.05) is 0 Å². The van der Waals surface area contributed by atoms with Crippen LogP contribution in [0.4, 0.5) is 0 Å². The van der Waals surface area contributed by atoms with Crippen LogP contribution >= 0.6 is 0 Å². The zero-order chi connectivity index (χ0) is 15.1. The first kappa shape index (κ1) is 13.1. The minimum Gasteiger partial charge on any atom is -0.0616 e. The molecule has 4 aromatic carbocycles. The zero-order valence-corrected chi connectivity index (χ0v) is 12.9. The molecule has 0 amide bonds. The van der Waals surface area contributed by atoms with Crippen LogP contribution in [0.15, 0.2) is 72.8 Å². The van der Waals surface area contributed by atoms with Gasteiger partial charge < -0.3 is 0 Å².